The molecule has 0 radical (unpaired) electrons. The summed E-state index contributed by atoms with van der Waals surface area (Å²) in [6, 6.07) is 0. The summed E-state index contributed by atoms with van der Waals surface area (Å²) >= 11 is 4.45. The number of alkyl halides is 3. The Hall–Kier alpha value is -0.520. The summed E-state index contributed by atoms with van der Waals surface area (Å²) in [6.07, 6.45) is -3.65. The van der Waals surface area contributed by atoms with E-state index in [0.29, 0.717) is 6.42 Å². The van der Waals surface area contributed by atoms with Gasteiger partial charge in [0.15, 0.2) is 5.11 Å². The lowest BCUT2D eigenvalue weighted by atomic mass is 10.4. The minimum Gasteiger partial charge on any atom is -0.376 e. The minimum atomic E-state index is -4.24. The maximum Gasteiger partial charge on any atom is 0.406 e. The smallest absolute Gasteiger partial charge is 0.376 e. The Morgan fingerprint density at radius 2 is 2.00 bits per heavy atom. The molecule has 0 saturated carbocycles. The molecule has 6 heteroatoms. The first kappa shape index (κ1) is 11.5. The van der Waals surface area contributed by atoms with E-state index in [1.165, 1.54) is 0 Å². The molecule has 0 bridgehead atoms. The highest BCUT2D eigenvalue weighted by molar-refractivity contribution is 7.80. The molecule has 0 fully saturated rings. The molecule has 0 saturated heterocycles. The Balaban J connectivity index is 4.05. The van der Waals surface area contributed by atoms with E-state index in [9.17, 15) is 13.2 Å². The van der Waals surface area contributed by atoms with Crippen molar-refractivity contribution in [2.24, 2.45) is 5.73 Å². The topological polar surface area (TPSA) is 29.3 Å². The van der Waals surface area contributed by atoms with Crippen molar-refractivity contribution in [2.75, 3.05) is 13.1 Å². The van der Waals surface area contributed by atoms with E-state index >= 15 is 0 Å². The quantitative estimate of drug-likeness (QED) is 0.700. The van der Waals surface area contributed by atoms with Crippen molar-refractivity contribution in [1.82, 2.24) is 4.90 Å². The van der Waals surface area contributed by atoms with E-state index in [0.717, 1.165) is 4.90 Å². The molecule has 0 heterocycles. The van der Waals surface area contributed by atoms with Gasteiger partial charge in [-0.05, 0) is 18.6 Å². The van der Waals surface area contributed by atoms with Crippen LogP contribution in [0.3, 0.4) is 0 Å². The zero-order valence-electron chi connectivity index (χ0n) is 6.69. The second kappa shape index (κ2) is 4.49. The van der Waals surface area contributed by atoms with E-state index in [1.807, 2.05) is 0 Å². The van der Waals surface area contributed by atoms with Crippen LogP contribution in [0.2, 0.25) is 0 Å². The van der Waals surface area contributed by atoms with Gasteiger partial charge >= 0.3 is 6.18 Å². The van der Waals surface area contributed by atoms with Gasteiger partial charge in [0.25, 0.3) is 0 Å². The SMILES string of the molecule is CCCN(CC(F)(F)F)C(N)=S. The number of thiocarbonyl (C=S) groups is 1. The van der Waals surface area contributed by atoms with Crippen molar-refractivity contribution in [3.05, 3.63) is 0 Å². The van der Waals surface area contributed by atoms with Gasteiger partial charge in [-0.15, -0.1) is 0 Å². The van der Waals surface area contributed by atoms with Crippen molar-refractivity contribution in [1.29, 1.82) is 0 Å². The van der Waals surface area contributed by atoms with Crippen LogP contribution in [-0.2, 0) is 0 Å². The lowest BCUT2D eigenvalue weighted by Crippen LogP contribution is -2.42. The van der Waals surface area contributed by atoms with Crippen LogP contribution in [0.15, 0.2) is 0 Å². The summed E-state index contributed by atoms with van der Waals surface area (Å²) in [6.45, 7) is 0.951. The average molecular weight is 200 g/mol. The van der Waals surface area contributed by atoms with Gasteiger partial charge in [0, 0.05) is 6.54 Å². The van der Waals surface area contributed by atoms with Crippen molar-refractivity contribution in [3.63, 3.8) is 0 Å². The maximum absolute atomic E-state index is 11.8. The predicted octanol–water partition coefficient (Wildman–Crippen LogP) is 1.50. The summed E-state index contributed by atoms with van der Waals surface area (Å²) < 4.78 is 35.5. The molecule has 0 aromatic rings. The first-order valence-electron chi connectivity index (χ1n) is 3.48. The van der Waals surface area contributed by atoms with Crippen LogP contribution in [0.4, 0.5) is 13.2 Å². The lowest BCUT2D eigenvalue weighted by Gasteiger charge is -2.23. The molecule has 0 atom stereocenters. The van der Waals surface area contributed by atoms with Gasteiger partial charge in [0.2, 0.25) is 0 Å². The molecule has 0 aromatic heterocycles. The number of rotatable bonds is 3. The Morgan fingerprint density at radius 3 is 2.25 bits per heavy atom. The molecule has 0 aliphatic carbocycles. The van der Waals surface area contributed by atoms with Crippen LogP contribution in [-0.4, -0.2) is 29.3 Å². The molecule has 0 aromatic carbocycles. The van der Waals surface area contributed by atoms with Gasteiger partial charge < -0.3 is 10.6 Å². The minimum absolute atomic E-state index is 0.200. The fraction of sp³-hybridized carbons (Fsp3) is 0.833. The third-order valence-corrected chi connectivity index (χ3v) is 1.43. The van der Waals surface area contributed by atoms with E-state index < -0.39 is 12.7 Å². The largest absolute Gasteiger partial charge is 0.406 e. The van der Waals surface area contributed by atoms with Crippen LogP contribution < -0.4 is 5.73 Å². The first-order valence-corrected chi connectivity index (χ1v) is 3.88. The third-order valence-electron chi connectivity index (χ3n) is 1.18. The molecule has 0 amide bonds. The van der Waals surface area contributed by atoms with Gasteiger partial charge in [-0.25, -0.2) is 0 Å². The predicted molar refractivity (Wildman–Crippen MR) is 44.7 cm³/mol. The second-order valence-electron chi connectivity index (χ2n) is 2.37. The molecule has 12 heavy (non-hydrogen) atoms. The van der Waals surface area contributed by atoms with Gasteiger partial charge in [-0.3, -0.25) is 0 Å². The van der Waals surface area contributed by atoms with E-state index in [-0.39, 0.29) is 11.7 Å². The second-order valence-corrected chi connectivity index (χ2v) is 2.79. The molecule has 0 aliphatic heterocycles. The molecule has 0 unspecified atom stereocenters. The highest BCUT2D eigenvalue weighted by Gasteiger charge is 2.30. The van der Waals surface area contributed by atoms with E-state index in [4.69, 9.17) is 5.73 Å². The van der Waals surface area contributed by atoms with Crippen molar-refractivity contribution < 1.29 is 13.2 Å². The Bertz CT molecular complexity index is 157. The summed E-state index contributed by atoms with van der Waals surface area (Å²) in [4.78, 5) is 0.940. The average Bonchev–Trinajstić information content (AvgIpc) is 1.83. The number of halogens is 3. The van der Waals surface area contributed by atoms with Gasteiger partial charge in [0.1, 0.15) is 6.54 Å². The number of nitrogens with zero attached hydrogens (tertiary/aromatic N) is 1. The van der Waals surface area contributed by atoms with Crippen LogP contribution in [0.1, 0.15) is 13.3 Å². The highest BCUT2D eigenvalue weighted by atomic mass is 32.1. The zero-order chi connectivity index (χ0) is 9.78. The van der Waals surface area contributed by atoms with Crippen LogP contribution in [0.25, 0.3) is 0 Å². The molecule has 0 aliphatic rings. The number of nitrogens with two attached hydrogens (primary N) is 1. The normalized spacial score (nSPS) is 11.3. The number of hydrogen-bond donors (Lipinski definition) is 1. The summed E-state index contributed by atoms with van der Waals surface area (Å²) in [5, 5.41) is -0.200. The summed E-state index contributed by atoms with van der Waals surface area (Å²) in [5.74, 6) is 0. The monoisotopic (exact) mass is 200 g/mol. The van der Waals surface area contributed by atoms with Gasteiger partial charge in [-0.2, -0.15) is 13.2 Å². The molecule has 0 rings (SSSR count). The van der Waals surface area contributed by atoms with Gasteiger partial charge in [-0.1, -0.05) is 6.92 Å². The Morgan fingerprint density at radius 1 is 1.50 bits per heavy atom. The molecule has 0 spiro atoms. The molecule has 72 valence electrons. The lowest BCUT2D eigenvalue weighted by molar-refractivity contribution is -0.137. The molecular formula is C6H11F3N2S. The number of hydrogen-bond acceptors (Lipinski definition) is 1. The standard InChI is InChI=1S/C6H11F3N2S/c1-2-3-11(5(10)12)4-6(7,8)9/h2-4H2,1H3,(H2,10,12). The highest BCUT2D eigenvalue weighted by Crippen LogP contribution is 2.16. The third kappa shape index (κ3) is 5.17. The van der Waals surface area contributed by atoms with Crippen LogP contribution >= 0.6 is 12.2 Å². The molecule has 2 N–H and O–H groups in total. The molecular weight excluding hydrogens is 189 g/mol. The fourth-order valence-electron chi connectivity index (χ4n) is 0.754. The maximum atomic E-state index is 11.8. The van der Waals surface area contributed by atoms with Crippen molar-refractivity contribution in [2.45, 2.75) is 19.5 Å². The summed E-state index contributed by atoms with van der Waals surface area (Å²) in [7, 11) is 0. The molecule has 2 nitrogen and oxygen atoms in total. The zero-order valence-corrected chi connectivity index (χ0v) is 7.50. The summed E-state index contributed by atoms with van der Waals surface area (Å²) in [5.41, 5.74) is 5.09. The first-order chi connectivity index (χ1) is 5.37. The van der Waals surface area contributed by atoms with Gasteiger partial charge in [0.05, 0.1) is 0 Å². The fourth-order valence-corrected chi connectivity index (χ4v) is 0.909. The van der Waals surface area contributed by atoms with Crippen molar-refractivity contribution in [3.8, 4) is 0 Å². The van der Waals surface area contributed by atoms with Crippen molar-refractivity contribution >= 4 is 17.3 Å². The van der Waals surface area contributed by atoms with Crippen LogP contribution in [0, 0.1) is 0 Å². The van der Waals surface area contributed by atoms with Crippen LogP contribution in [0.5, 0.6) is 0 Å². The van der Waals surface area contributed by atoms with E-state index in [2.05, 4.69) is 12.2 Å². The Labute approximate surface area is 74.5 Å². The van der Waals surface area contributed by atoms with E-state index in [1.54, 1.807) is 6.92 Å². The Kier molecular flexibility index (Phi) is 4.30.